The average Bonchev–Trinajstić information content (AvgIpc) is 3.51. The van der Waals surface area contributed by atoms with Crippen LogP contribution in [0.1, 0.15) is 5.69 Å². The fourth-order valence-corrected chi connectivity index (χ4v) is 4.08. The van der Waals surface area contributed by atoms with Crippen LogP contribution >= 0.6 is 11.8 Å². The predicted octanol–water partition coefficient (Wildman–Crippen LogP) is 5.42. The second-order valence-electron chi connectivity index (χ2n) is 7.02. The maximum Gasteiger partial charge on any atom is 0.226 e. The lowest BCUT2D eigenvalue weighted by Crippen LogP contribution is -2.00. The summed E-state index contributed by atoms with van der Waals surface area (Å²) in [5.74, 6) is 2.14. The molecule has 0 amide bonds. The topological polar surface area (TPSA) is 78.9 Å². The minimum Gasteiger partial charge on any atom is -0.497 e. The van der Waals surface area contributed by atoms with Gasteiger partial charge in [0.2, 0.25) is 5.89 Å². The molecule has 164 valence electrons. The van der Waals surface area contributed by atoms with Crippen molar-refractivity contribution in [2.45, 2.75) is 10.9 Å². The number of hydrogen-bond acceptors (Lipinski definition) is 7. The Morgan fingerprint density at radius 3 is 2.42 bits per heavy atom. The highest BCUT2D eigenvalue weighted by atomic mass is 32.2. The molecule has 0 bridgehead atoms. The van der Waals surface area contributed by atoms with E-state index in [9.17, 15) is 4.39 Å². The first-order valence-electron chi connectivity index (χ1n) is 10.0. The third-order valence-corrected chi connectivity index (χ3v) is 5.86. The van der Waals surface area contributed by atoms with Crippen molar-refractivity contribution in [1.29, 1.82) is 0 Å². The van der Waals surface area contributed by atoms with Gasteiger partial charge in [-0.2, -0.15) is 0 Å². The number of benzene rings is 2. The van der Waals surface area contributed by atoms with Gasteiger partial charge in [-0.3, -0.25) is 9.55 Å². The van der Waals surface area contributed by atoms with Crippen LogP contribution in [0.15, 0.2) is 88.9 Å². The van der Waals surface area contributed by atoms with Crippen LogP contribution in [0.3, 0.4) is 0 Å². The van der Waals surface area contributed by atoms with Gasteiger partial charge >= 0.3 is 0 Å². The summed E-state index contributed by atoms with van der Waals surface area (Å²) in [5.41, 5.74) is 3.27. The lowest BCUT2D eigenvalue weighted by Gasteiger charge is -2.10. The molecular formula is C24H18FN5O2S. The van der Waals surface area contributed by atoms with Gasteiger partial charge < -0.3 is 9.15 Å². The number of halogens is 1. The van der Waals surface area contributed by atoms with Crippen molar-refractivity contribution in [2.75, 3.05) is 7.11 Å². The number of thioether (sulfide) groups is 1. The molecule has 3 aromatic heterocycles. The lowest BCUT2D eigenvalue weighted by molar-refractivity contribution is 0.414. The molecule has 0 aliphatic heterocycles. The summed E-state index contributed by atoms with van der Waals surface area (Å²) in [7, 11) is 1.63. The molecule has 7 nitrogen and oxygen atoms in total. The molecule has 0 atom stereocenters. The van der Waals surface area contributed by atoms with Crippen LogP contribution in [0.4, 0.5) is 4.39 Å². The van der Waals surface area contributed by atoms with Crippen molar-refractivity contribution < 1.29 is 13.5 Å². The Kier molecular flexibility index (Phi) is 5.86. The van der Waals surface area contributed by atoms with Crippen LogP contribution in [0, 0.1) is 5.82 Å². The Bertz CT molecular complexity index is 1350. The van der Waals surface area contributed by atoms with Gasteiger partial charge in [-0.05, 0) is 60.7 Å². The maximum atomic E-state index is 13.2. The van der Waals surface area contributed by atoms with Gasteiger partial charge in [-0.1, -0.05) is 11.8 Å². The van der Waals surface area contributed by atoms with Gasteiger partial charge in [-0.25, -0.2) is 9.37 Å². The van der Waals surface area contributed by atoms with Crippen LogP contribution < -0.4 is 4.74 Å². The van der Waals surface area contributed by atoms with Gasteiger partial charge in [0.05, 0.1) is 12.8 Å². The van der Waals surface area contributed by atoms with Gasteiger partial charge in [0.1, 0.15) is 17.8 Å². The van der Waals surface area contributed by atoms with E-state index in [2.05, 4.69) is 20.2 Å². The number of methoxy groups -OCH3 is 1. The van der Waals surface area contributed by atoms with E-state index < -0.39 is 0 Å². The molecule has 0 N–H and O–H groups in total. The molecule has 5 aromatic rings. The fourth-order valence-electron chi connectivity index (χ4n) is 3.25. The molecule has 2 aromatic carbocycles. The first-order valence-corrected chi connectivity index (χ1v) is 11.0. The Morgan fingerprint density at radius 2 is 1.70 bits per heavy atom. The normalized spacial score (nSPS) is 11.0. The summed E-state index contributed by atoms with van der Waals surface area (Å²) in [5, 5.41) is 9.56. The minimum atomic E-state index is -0.302. The van der Waals surface area contributed by atoms with Crippen LogP contribution in [0.5, 0.6) is 5.75 Å². The first-order chi connectivity index (χ1) is 16.2. The highest BCUT2D eigenvalue weighted by Gasteiger charge is 2.17. The van der Waals surface area contributed by atoms with Crippen LogP contribution in [-0.4, -0.2) is 31.8 Å². The average molecular weight is 460 g/mol. The molecule has 5 rings (SSSR count). The number of nitrogens with zero attached hydrogens (tertiary/aromatic N) is 5. The predicted molar refractivity (Wildman–Crippen MR) is 123 cm³/mol. The number of ether oxygens (including phenoxy) is 1. The number of aromatic nitrogens is 5. The highest BCUT2D eigenvalue weighted by Crippen LogP contribution is 2.31. The second-order valence-corrected chi connectivity index (χ2v) is 7.96. The molecule has 0 unspecified atom stereocenters. The molecule has 3 heterocycles. The molecular weight excluding hydrogens is 441 g/mol. The molecule has 0 saturated carbocycles. The molecule has 0 aliphatic carbocycles. The van der Waals surface area contributed by atoms with E-state index in [1.165, 1.54) is 23.9 Å². The molecule has 0 aliphatic rings. The van der Waals surface area contributed by atoms with E-state index in [0.717, 1.165) is 22.7 Å². The monoisotopic (exact) mass is 459 g/mol. The molecule has 0 saturated heterocycles. The van der Waals surface area contributed by atoms with Crippen LogP contribution in [-0.2, 0) is 5.75 Å². The zero-order chi connectivity index (χ0) is 22.6. The third-order valence-electron chi connectivity index (χ3n) is 4.89. The van der Waals surface area contributed by atoms with Gasteiger partial charge in [-0.15, -0.1) is 10.2 Å². The standard InChI is InChI=1S/C24H18FN5O2S/c1-31-21-8-6-20(7-9-21)30-22(16-10-12-26-13-11-16)28-29-24(30)33-15-19-14-32-23(27-19)17-2-4-18(25)5-3-17/h2-14H,15H2,1H3. The number of rotatable bonds is 7. The largest absolute Gasteiger partial charge is 0.497 e. The Hall–Kier alpha value is -3.98. The van der Waals surface area contributed by atoms with Crippen molar-refractivity contribution in [1.82, 2.24) is 24.7 Å². The quantitative estimate of drug-likeness (QED) is 0.301. The first kappa shape index (κ1) is 20.9. The Labute approximate surface area is 193 Å². The van der Waals surface area contributed by atoms with E-state index in [4.69, 9.17) is 9.15 Å². The third kappa shape index (κ3) is 4.49. The zero-order valence-corrected chi connectivity index (χ0v) is 18.4. The highest BCUT2D eigenvalue weighted by molar-refractivity contribution is 7.98. The number of oxazole rings is 1. The summed E-state index contributed by atoms with van der Waals surface area (Å²) < 4.78 is 26.0. The molecule has 0 fully saturated rings. The molecule has 0 radical (unpaired) electrons. The Morgan fingerprint density at radius 1 is 0.939 bits per heavy atom. The van der Waals surface area contributed by atoms with Gasteiger partial charge in [0, 0.05) is 35.0 Å². The van der Waals surface area contributed by atoms with Gasteiger partial charge in [0.15, 0.2) is 11.0 Å². The van der Waals surface area contributed by atoms with E-state index in [1.54, 1.807) is 37.9 Å². The smallest absolute Gasteiger partial charge is 0.226 e. The summed E-state index contributed by atoms with van der Waals surface area (Å²) in [4.78, 5) is 8.62. The summed E-state index contributed by atoms with van der Waals surface area (Å²) >= 11 is 1.49. The molecule has 33 heavy (non-hydrogen) atoms. The van der Waals surface area contributed by atoms with E-state index in [1.807, 2.05) is 41.0 Å². The van der Waals surface area contributed by atoms with E-state index in [-0.39, 0.29) is 5.82 Å². The van der Waals surface area contributed by atoms with E-state index in [0.29, 0.717) is 28.2 Å². The van der Waals surface area contributed by atoms with Crippen molar-refractivity contribution in [3.05, 3.63) is 90.8 Å². The lowest BCUT2D eigenvalue weighted by atomic mass is 10.2. The minimum absolute atomic E-state index is 0.302. The van der Waals surface area contributed by atoms with Crippen molar-refractivity contribution >= 4 is 11.8 Å². The van der Waals surface area contributed by atoms with Gasteiger partial charge in [0.25, 0.3) is 0 Å². The van der Waals surface area contributed by atoms with E-state index >= 15 is 0 Å². The maximum absolute atomic E-state index is 13.2. The summed E-state index contributed by atoms with van der Waals surface area (Å²) in [6, 6.07) is 17.5. The van der Waals surface area contributed by atoms with Crippen molar-refractivity contribution in [2.24, 2.45) is 0 Å². The summed E-state index contributed by atoms with van der Waals surface area (Å²) in [6.45, 7) is 0. The zero-order valence-electron chi connectivity index (χ0n) is 17.6. The molecule has 9 heteroatoms. The second kappa shape index (κ2) is 9.25. The van der Waals surface area contributed by atoms with Crippen LogP contribution in [0.25, 0.3) is 28.5 Å². The number of hydrogen-bond donors (Lipinski definition) is 0. The fraction of sp³-hybridized carbons (Fsp3) is 0.0833. The molecule has 0 spiro atoms. The van der Waals surface area contributed by atoms with Crippen molar-refractivity contribution in [3.8, 4) is 34.3 Å². The summed E-state index contributed by atoms with van der Waals surface area (Å²) in [6.07, 6.45) is 5.05. The Balaban J connectivity index is 1.43. The number of pyridine rings is 1. The van der Waals surface area contributed by atoms with Crippen LogP contribution in [0.2, 0.25) is 0 Å². The van der Waals surface area contributed by atoms with Crippen molar-refractivity contribution in [3.63, 3.8) is 0 Å². The SMILES string of the molecule is COc1ccc(-n2c(SCc3coc(-c4ccc(F)cc4)n3)nnc2-c2ccncc2)cc1.